The van der Waals surface area contributed by atoms with Crippen molar-refractivity contribution in [1.82, 2.24) is 47.1 Å². The first kappa shape index (κ1) is 61.1. The number of carboxylic acids is 2. The number of nitrogens with one attached hydrogen (secondary N) is 8. The summed E-state index contributed by atoms with van der Waals surface area (Å²) >= 11 is 0. The van der Waals surface area contributed by atoms with Gasteiger partial charge in [0.15, 0.2) is 0 Å². The van der Waals surface area contributed by atoms with E-state index in [0.29, 0.717) is 22.0 Å². The van der Waals surface area contributed by atoms with E-state index in [1.165, 1.54) is 6.92 Å². The number of primary amides is 2. The summed E-state index contributed by atoms with van der Waals surface area (Å²) in [6, 6.07) is 2.99. The fourth-order valence-corrected chi connectivity index (χ4v) is 8.50. The highest BCUT2D eigenvalue weighted by Crippen LogP contribution is 2.22. The second-order valence-corrected chi connectivity index (χ2v) is 19.1. The summed E-state index contributed by atoms with van der Waals surface area (Å²) in [4.78, 5) is 162. The van der Waals surface area contributed by atoms with Crippen LogP contribution in [0.4, 0.5) is 0 Å². The van der Waals surface area contributed by atoms with Crippen molar-refractivity contribution >= 4 is 81.9 Å². The molecular weight excluding hydrogens is 1010 g/mol. The van der Waals surface area contributed by atoms with E-state index >= 15 is 0 Å². The number of fused-ring (bicyclic) bond motifs is 1. The van der Waals surface area contributed by atoms with Crippen LogP contribution < -0.4 is 54.4 Å². The van der Waals surface area contributed by atoms with Crippen molar-refractivity contribution in [2.45, 2.75) is 133 Å². The highest BCUT2D eigenvalue weighted by atomic mass is 16.4. The Bertz CT molecular complexity index is 2640. The minimum Gasteiger partial charge on any atom is -0.481 e. The van der Waals surface area contributed by atoms with E-state index < -0.39 is 151 Å². The predicted molar refractivity (Wildman–Crippen MR) is 273 cm³/mol. The second kappa shape index (κ2) is 29.0. The molecule has 1 aromatic heterocycles. The number of aliphatic carboxylic acids is 2. The van der Waals surface area contributed by atoms with Crippen LogP contribution in [0.3, 0.4) is 0 Å². The van der Waals surface area contributed by atoms with Gasteiger partial charge in [0.1, 0.15) is 48.8 Å². The average molecular weight is 1080 g/mol. The Hall–Kier alpha value is -8.46. The number of carbonyl (C=O) groups is 12. The van der Waals surface area contributed by atoms with Crippen LogP contribution in [0.2, 0.25) is 0 Å². The Labute approximate surface area is 441 Å². The molecule has 0 spiro atoms. The molecule has 1 aliphatic heterocycles. The van der Waals surface area contributed by atoms with Gasteiger partial charge < -0.3 is 79.6 Å². The van der Waals surface area contributed by atoms with E-state index in [9.17, 15) is 67.7 Å². The molecule has 0 bridgehead atoms. The zero-order chi connectivity index (χ0) is 57.1. The summed E-state index contributed by atoms with van der Waals surface area (Å²) in [6.45, 7) is 3.75. The molecule has 4 rings (SSSR count). The number of aliphatic hydroxyl groups excluding tert-OH is 1. The Morgan fingerprint density at radius 2 is 1.21 bits per heavy atom. The number of nitrogens with zero attached hydrogens (tertiary/aromatic N) is 1. The number of nitrogens with two attached hydrogens (primary N) is 3. The number of H-pyrrole nitrogens is 1. The maximum absolute atomic E-state index is 14.4. The number of rotatable bonds is 30. The van der Waals surface area contributed by atoms with Crippen LogP contribution in [0.1, 0.15) is 76.8 Å². The molecule has 27 nitrogen and oxygen atoms in total. The van der Waals surface area contributed by atoms with Crippen molar-refractivity contribution in [2.24, 2.45) is 23.1 Å². The third-order valence-electron chi connectivity index (χ3n) is 12.4. The Balaban J connectivity index is 1.55. The maximum atomic E-state index is 14.4. The summed E-state index contributed by atoms with van der Waals surface area (Å²) in [7, 11) is 0. The van der Waals surface area contributed by atoms with Gasteiger partial charge in [0.2, 0.25) is 59.1 Å². The summed E-state index contributed by atoms with van der Waals surface area (Å²) < 4.78 is 0. The standard InChI is InChI=1S/C50H68N12O15/c1-25(2)18-32(56-43(70)30(51)15-16-40(66)67)45(72)59-35(21-38(52)64)46(73)57-33(19-27-10-5-4-6-11-27)48(75)61-42(26(3)63)50(77)62-17-9-14-37(62)49(76)60-36(22-39(53)65)47(74)58-34(44(71)55-24-41(68)69)20-28-23-54-31-13-8-7-12-29(28)31/h4-8,10-13,23,25-26,30,32-37,42,54,63H,9,14-22,24,51H2,1-3H3,(H2,52,64)(H2,53,65)(H,55,71)(H,56,70)(H,57,73)(H,58,74)(H,59,72)(H,60,76)(H,61,75)(H,66,67)(H,68,69)/t26-,30+,32+,33+,34+,35+,36+,37+,42+/m1/s1. The second-order valence-electron chi connectivity index (χ2n) is 19.1. The molecule has 9 atom stereocenters. The molecular formula is C50H68N12O15. The van der Waals surface area contributed by atoms with E-state index in [1.54, 1.807) is 74.6 Å². The summed E-state index contributed by atoms with van der Waals surface area (Å²) in [5.41, 5.74) is 18.6. The zero-order valence-corrected chi connectivity index (χ0v) is 42.7. The monoisotopic (exact) mass is 1080 g/mol. The zero-order valence-electron chi connectivity index (χ0n) is 42.7. The molecule has 27 heteroatoms. The van der Waals surface area contributed by atoms with Gasteiger partial charge in [-0.2, -0.15) is 0 Å². The lowest BCUT2D eigenvalue weighted by atomic mass is 10.0. The van der Waals surface area contributed by atoms with Crippen LogP contribution in [0, 0.1) is 5.92 Å². The van der Waals surface area contributed by atoms with Gasteiger partial charge in [-0.1, -0.05) is 62.4 Å². The number of hydrogen-bond donors (Lipinski definition) is 14. The Morgan fingerprint density at radius 1 is 0.662 bits per heavy atom. The minimum absolute atomic E-state index is 0.00262. The Kier molecular flexibility index (Phi) is 23.0. The van der Waals surface area contributed by atoms with Crippen molar-refractivity contribution in [3.05, 3.63) is 71.9 Å². The molecule has 0 aliphatic carbocycles. The summed E-state index contributed by atoms with van der Waals surface area (Å²) in [6.07, 6.45) is -2.48. The molecule has 418 valence electrons. The first-order valence-corrected chi connectivity index (χ1v) is 24.8. The average Bonchev–Trinajstić information content (AvgIpc) is 4.03. The van der Waals surface area contributed by atoms with Gasteiger partial charge in [-0.25, -0.2) is 0 Å². The quantitative estimate of drug-likeness (QED) is 0.0307. The van der Waals surface area contributed by atoms with Crippen LogP contribution >= 0.6 is 0 Å². The highest BCUT2D eigenvalue weighted by molar-refractivity contribution is 6.00. The molecule has 0 radical (unpaired) electrons. The third-order valence-corrected chi connectivity index (χ3v) is 12.4. The lowest BCUT2D eigenvalue weighted by molar-refractivity contribution is -0.145. The Morgan fingerprint density at radius 3 is 1.79 bits per heavy atom. The fraction of sp³-hybridized carbons (Fsp3) is 0.480. The van der Waals surface area contributed by atoms with Crippen molar-refractivity contribution in [2.75, 3.05) is 13.1 Å². The van der Waals surface area contributed by atoms with Crippen molar-refractivity contribution in [3.63, 3.8) is 0 Å². The van der Waals surface area contributed by atoms with Gasteiger partial charge in [-0.15, -0.1) is 0 Å². The fourth-order valence-electron chi connectivity index (χ4n) is 8.50. The third kappa shape index (κ3) is 19.0. The van der Waals surface area contributed by atoms with Crippen LogP contribution in [-0.4, -0.2) is 164 Å². The molecule has 10 amide bonds. The van der Waals surface area contributed by atoms with Gasteiger partial charge in [0, 0.05) is 42.9 Å². The van der Waals surface area contributed by atoms with Crippen molar-refractivity contribution in [3.8, 4) is 0 Å². The SMILES string of the molecule is CC(C)C[C@H](NC(=O)[C@@H](N)CCC(=O)O)C(=O)N[C@@H](CC(N)=O)C(=O)N[C@@H](Cc1ccccc1)C(=O)N[C@H](C(=O)N1CCC[C@H]1C(=O)N[C@@H](CC(N)=O)C(=O)N[C@@H](Cc1c[nH]c2ccccc12)C(=O)NCC(=O)O)[C@@H](C)O. The number of para-hydroxylation sites is 1. The van der Waals surface area contributed by atoms with Gasteiger partial charge in [-0.05, 0) is 55.7 Å². The minimum atomic E-state index is -1.78. The smallest absolute Gasteiger partial charge is 0.322 e. The lowest BCUT2D eigenvalue weighted by Crippen LogP contribution is -2.62. The lowest BCUT2D eigenvalue weighted by Gasteiger charge is -2.32. The largest absolute Gasteiger partial charge is 0.481 e. The number of aliphatic hydroxyl groups is 1. The number of aromatic amines is 1. The molecule has 2 aromatic carbocycles. The van der Waals surface area contributed by atoms with E-state index in [2.05, 4.69) is 42.2 Å². The van der Waals surface area contributed by atoms with Gasteiger partial charge in [-0.3, -0.25) is 57.5 Å². The van der Waals surface area contributed by atoms with E-state index in [1.807, 2.05) is 0 Å². The van der Waals surface area contributed by atoms with Crippen molar-refractivity contribution < 1.29 is 72.9 Å². The van der Waals surface area contributed by atoms with Gasteiger partial charge in [0.05, 0.1) is 25.0 Å². The molecule has 0 unspecified atom stereocenters. The van der Waals surface area contributed by atoms with Gasteiger partial charge in [0.25, 0.3) is 0 Å². The van der Waals surface area contributed by atoms with Crippen LogP contribution in [0.25, 0.3) is 10.9 Å². The van der Waals surface area contributed by atoms with Crippen LogP contribution in [0.5, 0.6) is 0 Å². The van der Waals surface area contributed by atoms with Crippen LogP contribution in [0.15, 0.2) is 60.8 Å². The van der Waals surface area contributed by atoms with Gasteiger partial charge >= 0.3 is 11.9 Å². The number of amides is 10. The number of carbonyl (C=O) groups excluding carboxylic acids is 10. The number of carboxylic acid groups (broad SMARTS) is 2. The molecule has 17 N–H and O–H groups in total. The molecule has 1 saturated heterocycles. The molecule has 0 saturated carbocycles. The topological polar surface area (TPSA) is 447 Å². The van der Waals surface area contributed by atoms with E-state index in [4.69, 9.17) is 22.3 Å². The molecule has 3 aromatic rings. The number of aromatic nitrogens is 1. The number of likely N-dealkylation sites (tertiary alicyclic amines) is 1. The predicted octanol–water partition coefficient (Wildman–Crippen LogP) is -3.58. The molecule has 1 fully saturated rings. The first-order chi connectivity index (χ1) is 36.3. The van der Waals surface area contributed by atoms with E-state index in [0.717, 1.165) is 4.90 Å². The molecule has 77 heavy (non-hydrogen) atoms. The normalized spacial score (nSPS) is 16.2. The maximum Gasteiger partial charge on any atom is 0.322 e. The molecule has 2 heterocycles. The summed E-state index contributed by atoms with van der Waals surface area (Å²) in [5.74, 6) is -12.7. The number of benzene rings is 2. The van der Waals surface area contributed by atoms with E-state index in [-0.39, 0.29) is 51.0 Å². The van der Waals surface area contributed by atoms with Crippen molar-refractivity contribution in [1.29, 1.82) is 0 Å². The highest BCUT2D eigenvalue weighted by Gasteiger charge is 2.42. The molecule has 1 aliphatic rings. The van der Waals surface area contributed by atoms with Crippen LogP contribution in [-0.2, 0) is 70.4 Å². The first-order valence-electron chi connectivity index (χ1n) is 24.8. The summed E-state index contributed by atoms with van der Waals surface area (Å²) in [5, 5.41) is 46.8. The number of hydrogen-bond acceptors (Lipinski definition) is 14.